The number of hydrogen-bond donors (Lipinski definition) is 2. The molecule has 5 nitrogen and oxygen atoms in total. The average Bonchev–Trinajstić information content (AvgIpc) is 2.28. The van der Waals surface area contributed by atoms with Gasteiger partial charge in [-0.1, -0.05) is 0 Å². The van der Waals surface area contributed by atoms with Crippen LogP contribution in [0.15, 0.2) is 12.1 Å². The Bertz CT molecular complexity index is 476. The van der Waals surface area contributed by atoms with Crippen molar-refractivity contribution < 1.29 is 4.79 Å². The number of nitriles is 1. The Morgan fingerprint density at radius 3 is 2.61 bits per heavy atom. The molecule has 0 spiro atoms. The fourth-order valence-electron chi connectivity index (χ4n) is 1.44. The molecule has 96 valence electrons. The summed E-state index contributed by atoms with van der Waals surface area (Å²) in [6.07, 6.45) is 0. The van der Waals surface area contributed by atoms with Gasteiger partial charge >= 0.3 is 0 Å². The molecule has 0 radical (unpaired) electrons. The van der Waals surface area contributed by atoms with Crippen LogP contribution in [0.25, 0.3) is 0 Å². The smallest absolute Gasteiger partial charge is 0.242 e. The van der Waals surface area contributed by atoms with Crippen molar-refractivity contribution in [2.45, 2.75) is 39.8 Å². The first-order valence-electron chi connectivity index (χ1n) is 5.88. The quantitative estimate of drug-likeness (QED) is 0.845. The second-order valence-electron chi connectivity index (χ2n) is 4.49. The number of hydrogen-bond acceptors (Lipinski definition) is 4. The molecule has 0 fully saturated rings. The summed E-state index contributed by atoms with van der Waals surface area (Å²) in [5.74, 6) is 0.334. The summed E-state index contributed by atoms with van der Waals surface area (Å²) in [5, 5.41) is 14.7. The number of amides is 1. The van der Waals surface area contributed by atoms with Gasteiger partial charge in [-0.05, 0) is 39.8 Å². The highest BCUT2D eigenvalue weighted by molar-refractivity contribution is 5.84. The highest BCUT2D eigenvalue weighted by atomic mass is 16.2. The number of nitrogens with zero attached hydrogens (tertiary/aromatic N) is 2. The predicted octanol–water partition coefficient (Wildman–Crippen LogP) is 1.59. The van der Waals surface area contributed by atoms with Crippen LogP contribution in [0.2, 0.25) is 0 Å². The maximum absolute atomic E-state index is 11.8. The van der Waals surface area contributed by atoms with E-state index in [0.29, 0.717) is 11.4 Å². The zero-order valence-corrected chi connectivity index (χ0v) is 11.1. The molecule has 0 saturated carbocycles. The molecule has 1 heterocycles. The van der Waals surface area contributed by atoms with E-state index in [1.165, 1.54) is 0 Å². The van der Waals surface area contributed by atoms with Crippen molar-refractivity contribution in [3.8, 4) is 6.07 Å². The van der Waals surface area contributed by atoms with Gasteiger partial charge in [0.05, 0.1) is 5.56 Å². The highest BCUT2D eigenvalue weighted by Crippen LogP contribution is 2.13. The van der Waals surface area contributed by atoms with Crippen LogP contribution in [0, 0.1) is 18.3 Å². The lowest BCUT2D eigenvalue weighted by atomic mass is 10.2. The Balaban J connectivity index is 2.81. The maximum Gasteiger partial charge on any atom is 0.242 e. The van der Waals surface area contributed by atoms with Crippen LogP contribution < -0.4 is 10.6 Å². The van der Waals surface area contributed by atoms with E-state index in [0.717, 1.165) is 5.69 Å². The molecule has 1 aromatic rings. The Hall–Kier alpha value is -2.09. The topological polar surface area (TPSA) is 77.8 Å². The van der Waals surface area contributed by atoms with Crippen molar-refractivity contribution in [1.29, 1.82) is 5.26 Å². The lowest BCUT2D eigenvalue weighted by molar-refractivity contribution is -0.122. The van der Waals surface area contributed by atoms with Gasteiger partial charge in [-0.25, -0.2) is 4.98 Å². The number of pyridine rings is 1. The van der Waals surface area contributed by atoms with Gasteiger partial charge in [0.25, 0.3) is 0 Å². The minimum Gasteiger partial charge on any atom is -0.358 e. The van der Waals surface area contributed by atoms with E-state index >= 15 is 0 Å². The summed E-state index contributed by atoms with van der Waals surface area (Å²) < 4.78 is 0. The number of nitrogens with one attached hydrogen (secondary N) is 2. The molecule has 0 aliphatic carbocycles. The molecule has 2 N–H and O–H groups in total. The molecule has 0 aromatic carbocycles. The molecular formula is C13H18N4O. The number of aryl methyl sites for hydroxylation is 1. The molecule has 1 unspecified atom stereocenters. The standard InChI is InChI=1S/C13H18N4O/c1-8(2)15-13(18)10(4)17-12-11(7-14)6-5-9(3)16-12/h5-6,8,10H,1-4H3,(H,15,18)(H,16,17). The Morgan fingerprint density at radius 1 is 1.39 bits per heavy atom. The Morgan fingerprint density at radius 2 is 2.06 bits per heavy atom. The van der Waals surface area contributed by atoms with E-state index in [9.17, 15) is 4.79 Å². The first-order chi connectivity index (χ1) is 8.43. The van der Waals surface area contributed by atoms with Gasteiger partial charge in [0, 0.05) is 11.7 Å². The average molecular weight is 246 g/mol. The number of carbonyl (C=O) groups is 1. The number of anilines is 1. The first-order valence-corrected chi connectivity index (χ1v) is 5.88. The zero-order valence-electron chi connectivity index (χ0n) is 11.1. The maximum atomic E-state index is 11.8. The molecule has 5 heteroatoms. The van der Waals surface area contributed by atoms with Crippen molar-refractivity contribution in [2.75, 3.05) is 5.32 Å². The van der Waals surface area contributed by atoms with Gasteiger partial charge in [-0.3, -0.25) is 4.79 Å². The Kier molecular flexibility index (Phi) is 4.67. The van der Waals surface area contributed by atoms with E-state index in [4.69, 9.17) is 5.26 Å². The van der Waals surface area contributed by atoms with Gasteiger partial charge in [0.2, 0.25) is 5.91 Å². The van der Waals surface area contributed by atoms with E-state index in [1.807, 2.05) is 20.8 Å². The van der Waals surface area contributed by atoms with Crippen LogP contribution in [0.3, 0.4) is 0 Å². The molecule has 1 rings (SSSR count). The van der Waals surface area contributed by atoms with Crippen molar-refractivity contribution in [1.82, 2.24) is 10.3 Å². The normalized spacial score (nSPS) is 11.8. The fraction of sp³-hybridized carbons (Fsp3) is 0.462. The van der Waals surface area contributed by atoms with E-state index in [-0.39, 0.29) is 11.9 Å². The molecule has 0 saturated heterocycles. The van der Waals surface area contributed by atoms with Gasteiger partial charge in [-0.15, -0.1) is 0 Å². The molecule has 0 aliphatic rings. The Labute approximate surface area is 107 Å². The number of rotatable bonds is 4. The van der Waals surface area contributed by atoms with Crippen molar-refractivity contribution in [3.63, 3.8) is 0 Å². The van der Waals surface area contributed by atoms with Crippen molar-refractivity contribution >= 4 is 11.7 Å². The van der Waals surface area contributed by atoms with Gasteiger partial charge in [0.15, 0.2) is 0 Å². The molecule has 1 aromatic heterocycles. The second kappa shape index (κ2) is 6.01. The van der Waals surface area contributed by atoms with Gasteiger partial charge < -0.3 is 10.6 Å². The molecule has 0 bridgehead atoms. The van der Waals surface area contributed by atoms with Gasteiger partial charge in [0.1, 0.15) is 17.9 Å². The molecule has 0 aliphatic heterocycles. The SMILES string of the molecule is Cc1ccc(C#N)c(NC(C)C(=O)NC(C)C)n1. The summed E-state index contributed by atoms with van der Waals surface area (Å²) in [7, 11) is 0. The lowest BCUT2D eigenvalue weighted by Gasteiger charge is -2.17. The highest BCUT2D eigenvalue weighted by Gasteiger charge is 2.15. The number of aromatic nitrogens is 1. The summed E-state index contributed by atoms with van der Waals surface area (Å²) in [5.41, 5.74) is 1.23. The lowest BCUT2D eigenvalue weighted by Crippen LogP contribution is -2.41. The van der Waals surface area contributed by atoms with Crippen LogP contribution in [-0.4, -0.2) is 23.0 Å². The molecular weight excluding hydrogens is 228 g/mol. The zero-order chi connectivity index (χ0) is 13.7. The van der Waals surface area contributed by atoms with E-state index in [2.05, 4.69) is 21.7 Å². The summed E-state index contributed by atoms with van der Waals surface area (Å²) >= 11 is 0. The van der Waals surface area contributed by atoms with Crippen LogP contribution >= 0.6 is 0 Å². The monoisotopic (exact) mass is 246 g/mol. The summed E-state index contributed by atoms with van der Waals surface area (Å²) in [6.45, 7) is 7.38. The van der Waals surface area contributed by atoms with E-state index < -0.39 is 6.04 Å². The molecule has 18 heavy (non-hydrogen) atoms. The summed E-state index contributed by atoms with van der Waals surface area (Å²) in [6, 6.07) is 5.16. The van der Waals surface area contributed by atoms with Crippen LogP contribution in [0.4, 0.5) is 5.82 Å². The van der Waals surface area contributed by atoms with Crippen molar-refractivity contribution in [3.05, 3.63) is 23.4 Å². The minimum absolute atomic E-state index is 0.0858. The number of carbonyl (C=O) groups excluding carboxylic acids is 1. The van der Waals surface area contributed by atoms with Crippen LogP contribution in [0.1, 0.15) is 32.0 Å². The molecule has 1 amide bonds. The van der Waals surface area contributed by atoms with Crippen LogP contribution in [0.5, 0.6) is 0 Å². The third kappa shape index (κ3) is 3.74. The third-order valence-electron chi connectivity index (χ3n) is 2.33. The largest absolute Gasteiger partial charge is 0.358 e. The van der Waals surface area contributed by atoms with Crippen molar-refractivity contribution in [2.24, 2.45) is 0 Å². The van der Waals surface area contributed by atoms with Gasteiger partial charge in [-0.2, -0.15) is 5.26 Å². The fourth-order valence-corrected chi connectivity index (χ4v) is 1.44. The predicted molar refractivity (Wildman–Crippen MR) is 70.1 cm³/mol. The minimum atomic E-state index is -0.436. The van der Waals surface area contributed by atoms with Crippen LogP contribution in [-0.2, 0) is 4.79 Å². The second-order valence-corrected chi connectivity index (χ2v) is 4.49. The molecule has 1 atom stereocenters. The first kappa shape index (κ1) is 14.0. The van der Waals surface area contributed by atoms with E-state index in [1.54, 1.807) is 19.1 Å². The third-order valence-corrected chi connectivity index (χ3v) is 2.33. The summed E-state index contributed by atoms with van der Waals surface area (Å²) in [4.78, 5) is 16.0.